The molecule has 208 valence electrons. The molecule has 2 aromatic heterocycles. The van der Waals surface area contributed by atoms with Gasteiger partial charge in [-0.2, -0.15) is 0 Å². The molecule has 2 amide bonds. The second-order valence-corrected chi connectivity index (χ2v) is 10.4. The summed E-state index contributed by atoms with van der Waals surface area (Å²) in [5, 5.41) is 16.2. The van der Waals surface area contributed by atoms with E-state index >= 15 is 0 Å². The van der Waals surface area contributed by atoms with Crippen LogP contribution in [0.3, 0.4) is 0 Å². The Balaban J connectivity index is 1.40. The molecule has 39 heavy (non-hydrogen) atoms. The van der Waals surface area contributed by atoms with Gasteiger partial charge in [0.15, 0.2) is 0 Å². The number of hydrogen-bond acceptors (Lipinski definition) is 7. The van der Waals surface area contributed by atoms with Gasteiger partial charge in [-0.25, -0.2) is 14.4 Å². The number of carbonyl (C=O) groups excluding carboxylic acids is 2. The molecule has 0 spiro atoms. The summed E-state index contributed by atoms with van der Waals surface area (Å²) in [6.45, 7) is 3.52. The van der Waals surface area contributed by atoms with Crippen molar-refractivity contribution in [3.8, 4) is 5.88 Å². The van der Waals surface area contributed by atoms with E-state index in [-0.39, 0.29) is 18.9 Å². The molecule has 1 aliphatic carbocycles. The SMILES string of the molecule is CNC(=O)C1(O)CCC(n2c(NC(=O)c3ccc(F)cc3)nc3cnc(OCCN4CCCCC4)cc32)CC1. The van der Waals surface area contributed by atoms with E-state index in [2.05, 4.69) is 25.5 Å². The second-order valence-electron chi connectivity index (χ2n) is 10.4. The Hall–Kier alpha value is -3.57. The lowest BCUT2D eigenvalue weighted by molar-refractivity contribution is -0.143. The van der Waals surface area contributed by atoms with Gasteiger partial charge in [0.25, 0.3) is 11.8 Å². The fourth-order valence-corrected chi connectivity index (χ4v) is 5.55. The van der Waals surface area contributed by atoms with Crippen LogP contribution in [0.4, 0.5) is 10.3 Å². The Kier molecular flexibility index (Phi) is 8.08. The summed E-state index contributed by atoms with van der Waals surface area (Å²) in [6.07, 6.45) is 6.88. The van der Waals surface area contributed by atoms with Crippen LogP contribution in [-0.4, -0.2) is 75.2 Å². The van der Waals surface area contributed by atoms with Crippen molar-refractivity contribution in [3.05, 3.63) is 47.9 Å². The Morgan fingerprint density at radius 3 is 2.56 bits per heavy atom. The number of imidazole rings is 1. The molecule has 5 rings (SSSR count). The van der Waals surface area contributed by atoms with Crippen molar-refractivity contribution in [1.29, 1.82) is 0 Å². The monoisotopic (exact) mass is 538 g/mol. The third-order valence-electron chi connectivity index (χ3n) is 7.79. The van der Waals surface area contributed by atoms with E-state index in [1.54, 1.807) is 6.20 Å². The van der Waals surface area contributed by atoms with Crippen LogP contribution in [0.25, 0.3) is 11.0 Å². The lowest BCUT2D eigenvalue weighted by Crippen LogP contribution is -2.48. The summed E-state index contributed by atoms with van der Waals surface area (Å²) in [5.41, 5.74) is 0.193. The van der Waals surface area contributed by atoms with Crippen molar-refractivity contribution >= 4 is 28.8 Å². The van der Waals surface area contributed by atoms with Gasteiger partial charge in [-0.15, -0.1) is 0 Å². The van der Waals surface area contributed by atoms with Crippen LogP contribution >= 0.6 is 0 Å². The quantitative estimate of drug-likeness (QED) is 0.402. The molecule has 2 fully saturated rings. The van der Waals surface area contributed by atoms with Gasteiger partial charge in [0, 0.05) is 31.3 Å². The Morgan fingerprint density at radius 1 is 1.15 bits per heavy atom. The largest absolute Gasteiger partial charge is 0.476 e. The third-order valence-corrected chi connectivity index (χ3v) is 7.79. The van der Waals surface area contributed by atoms with Crippen LogP contribution in [0.5, 0.6) is 5.88 Å². The fraction of sp³-hybridized carbons (Fsp3) is 0.500. The highest BCUT2D eigenvalue weighted by atomic mass is 19.1. The molecule has 0 bridgehead atoms. The average Bonchev–Trinajstić information content (AvgIpc) is 3.31. The number of halogens is 1. The van der Waals surface area contributed by atoms with Crippen molar-refractivity contribution in [3.63, 3.8) is 0 Å². The third kappa shape index (κ3) is 6.04. The highest BCUT2D eigenvalue weighted by molar-refractivity contribution is 6.04. The number of aliphatic hydroxyl groups is 1. The number of carbonyl (C=O) groups is 2. The number of pyridine rings is 1. The molecule has 0 radical (unpaired) electrons. The molecule has 1 saturated carbocycles. The zero-order valence-electron chi connectivity index (χ0n) is 22.2. The van der Waals surface area contributed by atoms with E-state index in [1.165, 1.54) is 50.6 Å². The first-order valence-corrected chi connectivity index (χ1v) is 13.6. The van der Waals surface area contributed by atoms with Crippen LogP contribution in [0.15, 0.2) is 36.5 Å². The summed E-state index contributed by atoms with van der Waals surface area (Å²) in [7, 11) is 1.51. The molecule has 1 aliphatic heterocycles. The summed E-state index contributed by atoms with van der Waals surface area (Å²) in [6, 6.07) is 6.99. The number of anilines is 1. The first kappa shape index (κ1) is 27.0. The maximum Gasteiger partial charge on any atom is 0.257 e. The number of likely N-dealkylation sites (N-methyl/N-ethyl adjacent to an activating group) is 1. The fourth-order valence-electron chi connectivity index (χ4n) is 5.55. The summed E-state index contributed by atoms with van der Waals surface area (Å²) >= 11 is 0. The maximum atomic E-state index is 13.4. The molecule has 1 aromatic carbocycles. The molecular weight excluding hydrogens is 503 g/mol. The smallest absolute Gasteiger partial charge is 0.257 e. The molecule has 3 aromatic rings. The van der Waals surface area contributed by atoms with E-state index < -0.39 is 23.2 Å². The predicted molar refractivity (Wildman–Crippen MR) is 144 cm³/mol. The number of rotatable bonds is 8. The van der Waals surface area contributed by atoms with Crippen LogP contribution in [-0.2, 0) is 4.79 Å². The van der Waals surface area contributed by atoms with Crippen LogP contribution < -0.4 is 15.4 Å². The van der Waals surface area contributed by atoms with Crippen molar-refractivity contribution < 1.29 is 23.8 Å². The first-order valence-electron chi connectivity index (χ1n) is 13.6. The minimum absolute atomic E-state index is 0.132. The van der Waals surface area contributed by atoms with E-state index in [1.807, 2.05) is 10.6 Å². The van der Waals surface area contributed by atoms with Gasteiger partial charge in [-0.3, -0.25) is 19.8 Å². The highest BCUT2D eigenvalue weighted by Crippen LogP contribution is 2.39. The van der Waals surface area contributed by atoms with E-state index in [0.29, 0.717) is 42.4 Å². The van der Waals surface area contributed by atoms with Gasteiger partial charge in [0.1, 0.15) is 23.5 Å². The van der Waals surface area contributed by atoms with Crippen molar-refractivity contribution in [1.82, 2.24) is 24.8 Å². The summed E-state index contributed by atoms with van der Waals surface area (Å²) in [5.74, 6) is -0.453. The van der Waals surface area contributed by atoms with E-state index in [9.17, 15) is 19.1 Å². The number of fused-ring (bicyclic) bond motifs is 1. The molecule has 3 heterocycles. The van der Waals surface area contributed by atoms with Crippen LogP contribution in [0.2, 0.25) is 0 Å². The van der Waals surface area contributed by atoms with Crippen LogP contribution in [0, 0.1) is 5.82 Å². The molecule has 10 nitrogen and oxygen atoms in total. The molecule has 11 heteroatoms. The number of aromatic nitrogens is 3. The standard InChI is InChI=1S/C28H35FN6O4/c1-30-26(37)28(38)11-9-21(10-12-28)35-23-17-24(39-16-15-34-13-3-2-4-14-34)31-18-22(23)32-27(35)33-25(36)19-5-7-20(29)8-6-19/h5-8,17-18,21,38H,2-4,9-16H2,1H3,(H,30,37)(H,32,33,36). The number of amides is 2. The molecule has 1 saturated heterocycles. The molecule has 0 atom stereocenters. The number of nitrogens with one attached hydrogen (secondary N) is 2. The summed E-state index contributed by atoms with van der Waals surface area (Å²) in [4.78, 5) is 36.7. The number of nitrogens with zero attached hydrogens (tertiary/aromatic N) is 4. The number of hydrogen-bond donors (Lipinski definition) is 3. The number of likely N-dealkylation sites (tertiary alicyclic amines) is 1. The zero-order chi connectivity index (χ0) is 27.4. The van der Waals surface area contributed by atoms with Crippen molar-refractivity contribution in [2.24, 2.45) is 0 Å². The highest BCUT2D eigenvalue weighted by Gasteiger charge is 2.40. The molecule has 2 aliphatic rings. The van der Waals surface area contributed by atoms with Gasteiger partial charge in [-0.05, 0) is 75.9 Å². The van der Waals surface area contributed by atoms with E-state index in [0.717, 1.165) is 25.2 Å². The Labute approximate surface area is 226 Å². The lowest BCUT2D eigenvalue weighted by Gasteiger charge is -2.35. The second kappa shape index (κ2) is 11.7. The normalized spacial score (nSPS) is 22.0. The van der Waals surface area contributed by atoms with Gasteiger partial charge in [-0.1, -0.05) is 6.42 Å². The number of ether oxygens (including phenoxy) is 1. The molecule has 3 N–H and O–H groups in total. The maximum absolute atomic E-state index is 13.4. The topological polar surface area (TPSA) is 122 Å². The van der Waals surface area contributed by atoms with Gasteiger partial charge in [0.2, 0.25) is 11.8 Å². The Bertz CT molecular complexity index is 1310. The first-order chi connectivity index (χ1) is 18.9. The van der Waals surface area contributed by atoms with Gasteiger partial charge in [0.05, 0.1) is 11.7 Å². The Morgan fingerprint density at radius 2 is 1.87 bits per heavy atom. The molecular formula is C28H35FN6O4. The predicted octanol–water partition coefficient (Wildman–Crippen LogP) is 3.28. The minimum atomic E-state index is -1.43. The van der Waals surface area contributed by atoms with Gasteiger partial charge < -0.3 is 19.7 Å². The minimum Gasteiger partial charge on any atom is -0.476 e. The molecule has 0 unspecified atom stereocenters. The van der Waals surface area contributed by atoms with Crippen molar-refractivity contribution in [2.45, 2.75) is 56.6 Å². The van der Waals surface area contributed by atoms with Crippen LogP contribution in [0.1, 0.15) is 61.3 Å². The summed E-state index contributed by atoms with van der Waals surface area (Å²) < 4.78 is 21.3. The lowest BCUT2D eigenvalue weighted by atomic mass is 9.81. The average molecular weight is 539 g/mol. The van der Waals surface area contributed by atoms with E-state index in [4.69, 9.17) is 4.74 Å². The zero-order valence-corrected chi connectivity index (χ0v) is 22.2. The van der Waals surface area contributed by atoms with Crippen molar-refractivity contribution in [2.75, 3.05) is 38.6 Å². The van der Waals surface area contributed by atoms with Gasteiger partial charge >= 0.3 is 0 Å². The number of piperidine rings is 1. The number of benzene rings is 1.